The largest absolute Gasteiger partial charge is 0.373 e. The van der Waals surface area contributed by atoms with Gasteiger partial charge in [-0.2, -0.15) is 0 Å². The predicted molar refractivity (Wildman–Crippen MR) is 93.6 cm³/mol. The van der Waals surface area contributed by atoms with Crippen molar-refractivity contribution >= 4 is 0 Å². The molecule has 0 bridgehead atoms. The lowest BCUT2D eigenvalue weighted by atomic mass is 9.89. The highest BCUT2D eigenvalue weighted by atomic mass is 16.3. The van der Waals surface area contributed by atoms with Gasteiger partial charge in [0.2, 0.25) is 0 Å². The summed E-state index contributed by atoms with van der Waals surface area (Å²) in [6.07, 6.45) is 2.11. The van der Waals surface area contributed by atoms with Gasteiger partial charge in [-0.15, -0.1) is 0 Å². The summed E-state index contributed by atoms with van der Waals surface area (Å²) in [5.41, 5.74) is 1.20. The molecule has 118 valence electrons. The van der Waals surface area contributed by atoms with Crippen LogP contribution in [0.3, 0.4) is 0 Å². The molecule has 0 spiro atoms. The predicted octanol–water partition coefficient (Wildman–Crippen LogP) is 3.42. The Bertz CT molecular complexity index is 682. The Labute approximate surface area is 138 Å². The smallest absolute Gasteiger partial charge is 0.153 e. The molecule has 2 heteroatoms. The Morgan fingerprint density at radius 1 is 1.04 bits per heavy atom. The third-order valence-electron chi connectivity index (χ3n) is 4.31. The highest BCUT2D eigenvalue weighted by molar-refractivity contribution is 5.34. The van der Waals surface area contributed by atoms with Gasteiger partial charge in [0.15, 0.2) is 5.60 Å². The number of benzene rings is 2. The topological polar surface area (TPSA) is 23.5 Å². The van der Waals surface area contributed by atoms with Crippen molar-refractivity contribution < 1.29 is 5.11 Å². The van der Waals surface area contributed by atoms with Gasteiger partial charge in [-0.05, 0) is 31.0 Å². The molecule has 23 heavy (non-hydrogen) atoms. The highest BCUT2D eigenvalue weighted by Gasteiger charge is 2.43. The van der Waals surface area contributed by atoms with Crippen LogP contribution in [0.15, 0.2) is 60.7 Å². The summed E-state index contributed by atoms with van der Waals surface area (Å²) < 4.78 is 0. The van der Waals surface area contributed by atoms with Crippen LogP contribution in [0.5, 0.6) is 0 Å². The second-order valence-corrected chi connectivity index (χ2v) is 6.37. The van der Waals surface area contributed by atoms with Gasteiger partial charge in [-0.25, -0.2) is 0 Å². The normalized spacial score (nSPS) is 16.5. The number of aliphatic hydroxyl groups is 1. The lowest BCUT2D eigenvalue weighted by Gasteiger charge is -2.22. The van der Waals surface area contributed by atoms with E-state index in [4.69, 9.17) is 0 Å². The van der Waals surface area contributed by atoms with E-state index in [1.54, 1.807) is 0 Å². The number of rotatable bonds is 5. The molecule has 2 aromatic rings. The Morgan fingerprint density at radius 3 is 2.26 bits per heavy atom. The fourth-order valence-electron chi connectivity index (χ4n) is 2.86. The molecule has 1 aliphatic rings. The zero-order valence-corrected chi connectivity index (χ0v) is 13.6. The lowest BCUT2D eigenvalue weighted by Crippen LogP contribution is -2.27. The van der Waals surface area contributed by atoms with E-state index in [0.29, 0.717) is 6.54 Å². The Morgan fingerprint density at radius 2 is 1.65 bits per heavy atom. The molecule has 0 saturated heterocycles. The van der Waals surface area contributed by atoms with Gasteiger partial charge in [-0.3, -0.25) is 4.90 Å². The molecule has 0 aliphatic heterocycles. The van der Waals surface area contributed by atoms with E-state index in [0.717, 1.165) is 24.9 Å². The highest BCUT2D eigenvalue weighted by Crippen LogP contribution is 2.45. The second kappa shape index (κ2) is 7.00. The van der Waals surface area contributed by atoms with Crippen molar-refractivity contribution in [2.45, 2.75) is 25.0 Å². The summed E-state index contributed by atoms with van der Waals surface area (Å²) in [6.45, 7) is 1.51. The zero-order chi connectivity index (χ0) is 16.1. The molecule has 1 fully saturated rings. The van der Waals surface area contributed by atoms with Crippen LogP contribution in [-0.4, -0.2) is 23.6 Å². The fourth-order valence-corrected chi connectivity index (χ4v) is 2.86. The SMILES string of the molecule is CN(CC#CC(O)(c1ccccc1)C1CC1)Cc1ccccc1. The molecule has 3 rings (SSSR count). The first-order valence-corrected chi connectivity index (χ1v) is 8.19. The monoisotopic (exact) mass is 305 g/mol. The van der Waals surface area contributed by atoms with Gasteiger partial charge in [0.1, 0.15) is 0 Å². The van der Waals surface area contributed by atoms with Crippen LogP contribution >= 0.6 is 0 Å². The maximum absolute atomic E-state index is 11.0. The Kier molecular flexibility index (Phi) is 4.81. The molecule has 0 heterocycles. The van der Waals surface area contributed by atoms with Crippen molar-refractivity contribution in [1.29, 1.82) is 0 Å². The van der Waals surface area contributed by atoms with E-state index in [1.807, 2.05) is 36.4 Å². The maximum Gasteiger partial charge on any atom is 0.153 e. The molecular weight excluding hydrogens is 282 g/mol. The second-order valence-electron chi connectivity index (χ2n) is 6.37. The third kappa shape index (κ3) is 4.01. The van der Waals surface area contributed by atoms with E-state index >= 15 is 0 Å². The summed E-state index contributed by atoms with van der Waals surface area (Å²) in [4.78, 5) is 2.17. The Hall–Kier alpha value is -2.08. The average Bonchev–Trinajstić information content (AvgIpc) is 3.42. The third-order valence-corrected chi connectivity index (χ3v) is 4.31. The minimum atomic E-state index is -0.991. The summed E-state index contributed by atoms with van der Waals surface area (Å²) in [6, 6.07) is 20.2. The van der Waals surface area contributed by atoms with E-state index in [9.17, 15) is 5.11 Å². The molecule has 0 radical (unpaired) electrons. The van der Waals surface area contributed by atoms with Gasteiger partial charge in [0.05, 0.1) is 6.54 Å². The van der Waals surface area contributed by atoms with Crippen LogP contribution in [0.25, 0.3) is 0 Å². The van der Waals surface area contributed by atoms with E-state index in [1.165, 1.54) is 5.56 Å². The van der Waals surface area contributed by atoms with Crippen molar-refractivity contribution in [2.75, 3.05) is 13.6 Å². The van der Waals surface area contributed by atoms with Gasteiger partial charge in [0, 0.05) is 12.5 Å². The van der Waals surface area contributed by atoms with Gasteiger partial charge in [0.25, 0.3) is 0 Å². The molecule has 1 aliphatic carbocycles. The van der Waals surface area contributed by atoms with Crippen LogP contribution in [0, 0.1) is 17.8 Å². The van der Waals surface area contributed by atoms with Crippen LogP contribution < -0.4 is 0 Å². The average molecular weight is 305 g/mol. The number of nitrogens with zero attached hydrogens (tertiary/aromatic N) is 1. The van der Waals surface area contributed by atoms with Crippen molar-refractivity contribution in [1.82, 2.24) is 4.90 Å². The van der Waals surface area contributed by atoms with Gasteiger partial charge < -0.3 is 5.11 Å². The summed E-state index contributed by atoms with van der Waals surface area (Å²) in [5, 5.41) is 11.0. The van der Waals surface area contributed by atoms with E-state index in [2.05, 4.69) is 48.1 Å². The quantitative estimate of drug-likeness (QED) is 0.856. The molecule has 1 N–H and O–H groups in total. The van der Waals surface area contributed by atoms with Gasteiger partial charge in [-0.1, -0.05) is 72.5 Å². The first kappa shape index (κ1) is 15.8. The van der Waals surface area contributed by atoms with Crippen LogP contribution in [0.2, 0.25) is 0 Å². The number of hydrogen-bond donors (Lipinski definition) is 1. The minimum absolute atomic E-state index is 0.275. The minimum Gasteiger partial charge on any atom is -0.373 e. The van der Waals surface area contributed by atoms with Crippen LogP contribution in [-0.2, 0) is 12.1 Å². The molecular formula is C21H23NO. The molecule has 1 saturated carbocycles. The van der Waals surface area contributed by atoms with Crippen molar-refractivity contribution in [3.05, 3.63) is 71.8 Å². The molecule has 0 aromatic heterocycles. The molecule has 2 nitrogen and oxygen atoms in total. The lowest BCUT2D eigenvalue weighted by molar-refractivity contribution is 0.0755. The summed E-state index contributed by atoms with van der Waals surface area (Å²) in [5.74, 6) is 6.62. The van der Waals surface area contributed by atoms with Crippen molar-refractivity contribution in [3.8, 4) is 11.8 Å². The standard InChI is InChI=1S/C21H23NO/c1-22(17-18-9-4-2-5-10-18)16-8-15-21(23,20-13-14-20)19-11-6-3-7-12-19/h2-7,9-12,20,23H,13-14,16-17H2,1H3. The first-order valence-electron chi connectivity index (χ1n) is 8.19. The molecule has 1 atom stereocenters. The Balaban J connectivity index is 1.66. The number of hydrogen-bond acceptors (Lipinski definition) is 2. The molecule has 2 aromatic carbocycles. The van der Waals surface area contributed by atoms with Crippen molar-refractivity contribution in [2.24, 2.45) is 5.92 Å². The fraction of sp³-hybridized carbons (Fsp3) is 0.333. The zero-order valence-electron chi connectivity index (χ0n) is 13.6. The van der Waals surface area contributed by atoms with E-state index in [-0.39, 0.29) is 5.92 Å². The van der Waals surface area contributed by atoms with Crippen LogP contribution in [0.1, 0.15) is 24.0 Å². The maximum atomic E-state index is 11.0. The molecule has 1 unspecified atom stereocenters. The summed E-state index contributed by atoms with van der Waals surface area (Å²) in [7, 11) is 2.06. The van der Waals surface area contributed by atoms with E-state index < -0.39 is 5.60 Å². The summed E-state index contributed by atoms with van der Waals surface area (Å²) >= 11 is 0. The first-order chi connectivity index (χ1) is 11.2. The van der Waals surface area contributed by atoms with Crippen molar-refractivity contribution in [3.63, 3.8) is 0 Å². The van der Waals surface area contributed by atoms with Gasteiger partial charge >= 0.3 is 0 Å². The molecule has 0 amide bonds. The van der Waals surface area contributed by atoms with Crippen LogP contribution in [0.4, 0.5) is 0 Å².